The molecule has 1 saturated heterocycles. The summed E-state index contributed by atoms with van der Waals surface area (Å²) < 4.78 is 6.28. The summed E-state index contributed by atoms with van der Waals surface area (Å²) in [7, 11) is 2.07. The Morgan fingerprint density at radius 1 is 1.00 bits per heavy atom. The van der Waals surface area contributed by atoms with E-state index in [0.717, 1.165) is 85.2 Å². The summed E-state index contributed by atoms with van der Waals surface area (Å²) in [6.45, 7) is 7.41. The summed E-state index contributed by atoms with van der Waals surface area (Å²) in [5, 5.41) is 12.5. The number of hydrogen-bond donors (Lipinski definition) is 2. The van der Waals surface area contributed by atoms with Crippen LogP contribution in [0, 0.1) is 0 Å². The highest BCUT2D eigenvalue weighted by Crippen LogP contribution is 2.28. The molecule has 0 unspecified atom stereocenters. The lowest BCUT2D eigenvalue weighted by molar-refractivity contribution is -0.138. The molecule has 3 heterocycles. The SMILES string of the molecule is CCCCN(C)c1ccc(-c2ccnc(Nc3ccc(OCc4ccccc4)c(CN4CCN(CC(=O)O)CC4)c3)n2)cn1. The highest BCUT2D eigenvalue weighted by atomic mass is 16.5. The van der Waals surface area contributed by atoms with Crippen molar-refractivity contribution in [2.75, 3.05) is 56.5 Å². The molecule has 0 bridgehead atoms. The van der Waals surface area contributed by atoms with E-state index in [1.807, 2.05) is 59.6 Å². The zero-order valence-electron chi connectivity index (χ0n) is 25.5. The lowest BCUT2D eigenvalue weighted by Gasteiger charge is -2.34. The molecule has 10 nitrogen and oxygen atoms in total. The van der Waals surface area contributed by atoms with Crippen molar-refractivity contribution in [3.8, 4) is 17.0 Å². The van der Waals surface area contributed by atoms with Crippen molar-refractivity contribution in [3.05, 3.63) is 90.3 Å². The Labute approximate surface area is 259 Å². The molecule has 230 valence electrons. The molecular formula is C34H41N7O3. The van der Waals surface area contributed by atoms with Gasteiger partial charge in [0.25, 0.3) is 0 Å². The normalized spacial score (nSPS) is 13.9. The van der Waals surface area contributed by atoms with E-state index in [0.29, 0.717) is 19.1 Å². The van der Waals surface area contributed by atoms with Crippen LogP contribution in [0.5, 0.6) is 5.75 Å². The second kappa shape index (κ2) is 15.3. The van der Waals surface area contributed by atoms with Gasteiger partial charge in [-0.3, -0.25) is 14.6 Å². The van der Waals surface area contributed by atoms with Crippen LogP contribution in [-0.4, -0.2) is 82.1 Å². The molecule has 0 atom stereocenters. The quantitative estimate of drug-likeness (QED) is 0.199. The topological polar surface area (TPSA) is 107 Å². The fourth-order valence-corrected chi connectivity index (χ4v) is 5.18. The zero-order valence-corrected chi connectivity index (χ0v) is 25.5. The molecule has 4 aromatic rings. The molecule has 0 aliphatic carbocycles. The Morgan fingerprint density at radius 2 is 1.80 bits per heavy atom. The van der Waals surface area contributed by atoms with Gasteiger partial charge in [0.05, 0.1) is 12.2 Å². The number of rotatable bonds is 14. The second-order valence-corrected chi connectivity index (χ2v) is 11.1. The molecule has 2 aromatic heterocycles. The van der Waals surface area contributed by atoms with E-state index < -0.39 is 5.97 Å². The lowest BCUT2D eigenvalue weighted by Crippen LogP contribution is -2.47. The minimum Gasteiger partial charge on any atom is -0.489 e. The van der Waals surface area contributed by atoms with Gasteiger partial charge in [-0.05, 0) is 48.4 Å². The molecule has 0 amide bonds. The summed E-state index contributed by atoms with van der Waals surface area (Å²) >= 11 is 0. The van der Waals surface area contributed by atoms with Crippen LogP contribution in [0.1, 0.15) is 30.9 Å². The Morgan fingerprint density at radius 3 is 2.52 bits per heavy atom. The van der Waals surface area contributed by atoms with Crippen LogP contribution in [-0.2, 0) is 17.9 Å². The number of carboxylic acids is 1. The predicted octanol–water partition coefficient (Wildman–Crippen LogP) is 5.30. The Bertz CT molecular complexity index is 1490. The molecule has 2 N–H and O–H groups in total. The number of carbonyl (C=O) groups is 1. The van der Waals surface area contributed by atoms with Gasteiger partial charge in [0.15, 0.2) is 0 Å². The fourth-order valence-electron chi connectivity index (χ4n) is 5.18. The van der Waals surface area contributed by atoms with E-state index in [1.54, 1.807) is 6.20 Å². The number of hydrogen-bond acceptors (Lipinski definition) is 9. The maximum absolute atomic E-state index is 11.1. The van der Waals surface area contributed by atoms with Gasteiger partial charge in [-0.15, -0.1) is 0 Å². The number of anilines is 3. The number of nitrogens with zero attached hydrogens (tertiary/aromatic N) is 6. The van der Waals surface area contributed by atoms with Gasteiger partial charge in [-0.1, -0.05) is 43.7 Å². The average molecular weight is 596 g/mol. The maximum atomic E-state index is 11.1. The molecule has 2 aromatic carbocycles. The third kappa shape index (κ3) is 8.75. The van der Waals surface area contributed by atoms with Crippen LogP contribution in [0.15, 0.2) is 79.1 Å². The first kappa shape index (κ1) is 30.9. The van der Waals surface area contributed by atoms with Gasteiger partial charge >= 0.3 is 5.97 Å². The predicted molar refractivity (Wildman–Crippen MR) is 173 cm³/mol. The Kier molecular flexibility index (Phi) is 10.7. The van der Waals surface area contributed by atoms with E-state index >= 15 is 0 Å². The Balaban J connectivity index is 1.30. The van der Waals surface area contributed by atoms with Crippen LogP contribution in [0.25, 0.3) is 11.3 Å². The summed E-state index contributed by atoms with van der Waals surface area (Å²) in [6.07, 6.45) is 5.89. The van der Waals surface area contributed by atoms with Crippen LogP contribution < -0.4 is 15.0 Å². The highest BCUT2D eigenvalue weighted by molar-refractivity contribution is 5.69. The van der Waals surface area contributed by atoms with Gasteiger partial charge in [-0.2, -0.15) is 0 Å². The lowest BCUT2D eigenvalue weighted by atomic mass is 10.1. The largest absolute Gasteiger partial charge is 0.489 e. The summed E-state index contributed by atoms with van der Waals surface area (Å²) in [6, 6.07) is 22.1. The molecular weight excluding hydrogens is 554 g/mol. The van der Waals surface area contributed by atoms with Gasteiger partial charge in [0.2, 0.25) is 5.95 Å². The number of aliphatic carboxylic acids is 1. The van der Waals surface area contributed by atoms with Crippen LogP contribution in [0.3, 0.4) is 0 Å². The molecule has 1 fully saturated rings. The van der Waals surface area contributed by atoms with Gasteiger partial charge in [0, 0.05) is 75.5 Å². The van der Waals surface area contributed by atoms with Gasteiger partial charge < -0.3 is 20.1 Å². The number of unbranched alkanes of at least 4 members (excludes halogenated alkanes) is 1. The highest BCUT2D eigenvalue weighted by Gasteiger charge is 2.20. The van der Waals surface area contributed by atoms with Crippen molar-refractivity contribution in [2.45, 2.75) is 32.9 Å². The average Bonchev–Trinajstić information content (AvgIpc) is 3.04. The van der Waals surface area contributed by atoms with Crippen LogP contribution >= 0.6 is 0 Å². The first-order chi connectivity index (χ1) is 21.5. The summed E-state index contributed by atoms with van der Waals surface area (Å²) in [5.41, 5.74) is 4.72. The Hall–Kier alpha value is -4.54. The molecule has 5 rings (SSSR count). The van der Waals surface area contributed by atoms with Crippen molar-refractivity contribution >= 4 is 23.4 Å². The molecule has 0 spiro atoms. The first-order valence-corrected chi connectivity index (χ1v) is 15.2. The van der Waals surface area contributed by atoms with Crippen LogP contribution in [0.4, 0.5) is 17.5 Å². The van der Waals surface area contributed by atoms with Crippen molar-refractivity contribution in [1.29, 1.82) is 0 Å². The molecule has 1 aliphatic rings. The molecule has 0 radical (unpaired) electrons. The van der Waals surface area contributed by atoms with Crippen molar-refractivity contribution in [1.82, 2.24) is 24.8 Å². The molecule has 0 saturated carbocycles. The molecule has 10 heteroatoms. The third-order valence-corrected chi connectivity index (χ3v) is 7.71. The van der Waals surface area contributed by atoms with E-state index in [2.05, 4.69) is 57.3 Å². The fraction of sp³-hybridized carbons (Fsp3) is 0.353. The second-order valence-electron chi connectivity index (χ2n) is 11.1. The van der Waals surface area contributed by atoms with Crippen LogP contribution in [0.2, 0.25) is 0 Å². The number of carboxylic acid groups (broad SMARTS) is 1. The zero-order chi connectivity index (χ0) is 30.7. The van der Waals surface area contributed by atoms with Gasteiger partial charge in [0.1, 0.15) is 18.2 Å². The van der Waals surface area contributed by atoms with E-state index in [4.69, 9.17) is 14.8 Å². The minimum absolute atomic E-state index is 0.0773. The number of piperazine rings is 1. The van der Waals surface area contributed by atoms with E-state index in [1.165, 1.54) is 0 Å². The van der Waals surface area contributed by atoms with Crippen molar-refractivity contribution in [2.24, 2.45) is 0 Å². The minimum atomic E-state index is -0.789. The summed E-state index contributed by atoms with van der Waals surface area (Å²) in [4.78, 5) is 31.5. The van der Waals surface area contributed by atoms with Crippen molar-refractivity contribution in [3.63, 3.8) is 0 Å². The number of ether oxygens (including phenoxy) is 1. The van der Waals surface area contributed by atoms with Gasteiger partial charge in [-0.25, -0.2) is 15.0 Å². The number of nitrogens with one attached hydrogen (secondary N) is 1. The number of benzene rings is 2. The molecule has 1 aliphatic heterocycles. The van der Waals surface area contributed by atoms with E-state index in [9.17, 15) is 4.79 Å². The van der Waals surface area contributed by atoms with Crippen molar-refractivity contribution < 1.29 is 14.6 Å². The standard InChI is InChI=1S/C34H41N7O3/c1-3-4-16-39(2)32-13-10-27(22-36-32)30-14-15-35-34(38-30)37-29-11-12-31(44-25-26-8-6-5-7-9-26)28(21-29)23-40-17-19-41(20-18-40)24-33(42)43/h5-15,21-22H,3-4,16-20,23-25H2,1-2H3,(H,42,43)(H,35,37,38). The first-order valence-electron chi connectivity index (χ1n) is 15.2. The molecule has 44 heavy (non-hydrogen) atoms. The monoisotopic (exact) mass is 595 g/mol. The number of pyridine rings is 1. The number of aromatic nitrogens is 3. The third-order valence-electron chi connectivity index (χ3n) is 7.71. The summed E-state index contributed by atoms with van der Waals surface area (Å²) in [5.74, 6) is 1.47. The van der Waals surface area contributed by atoms with E-state index in [-0.39, 0.29) is 6.54 Å². The maximum Gasteiger partial charge on any atom is 0.317 e. The smallest absolute Gasteiger partial charge is 0.317 e.